The summed E-state index contributed by atoms with van der Waals surface area (Å²) in [6.07, 6.45) is 0.109. The second kappa shape index (κ2) is 5.05. The number of oxazole rings is 1. The van der Waals surface area contributed by atoms with Crippen LogP contribution < -0.4 is 5.76 Å². The lowest BCUT2D eigenvalue weighted by atomic mass is 10.2. The van der Waals surface area contributed by atoms with Crippen LogP contribution in [0, 0.1) is 0 Å². The third-order valence-electron chi connectivity index (χ3n) is 2.66. The summed E-state index contributed by atoms with van der Waals surface area (Å²) in [5, 5.41) is 8.69. The van der Waals surface area contributed by atoms with Gasteiger partial charge in [0.1, 0.15) is 0 Å². The molecule has 0 fully saturated rings. The van der Waals surface area contributed by atoms with Crippen LogP contribution in [-0.2, 0) is 11.3 Å². The molecule has 0 bridgehead atoms. The summed E-state index contributed by atoms with van der Waals surface area (Å²) >= 11 is 0. The minimum Gasteiger partial charge on any atom is -0.408 e. The number of fused-ring (bicyclic) bond motifs is 1. The molecule has 1 amide bonds. The average Bonchev–Trinajstić information content (AvgIpc) is 2.68. The molecule has 1 aromatic carbocycles. The van der Waals surface area contributed by atoms with E-state index < -0.39 is 5.76 Å². The van der Waals surface area contributed by atoms with Gasteiger partial charge in [0.2, 0.25) is 5.91 Å². The first-order valence-electron chi connectivity index (χ1n) is 5.56. The van der Waals surface area contributed by atoms with Crippen LogP contribution in [0.3, 0.4) is 0 Å². The molecule has 0 radical (unpaired) electrons. The Labute approximate surface area is 103 Å². The van der Waals surface area contributed by atoms with E-state index in [1.54, 1.807) is 19.2 Å². The van der Waals surface area contributed by atoms with Crippen molar-refractivity contribution < 1.29 is 14.3 Å². The molecule has 1 heterocycles. The maximum absolute atomic E-state index is 11.5. The van der Waals surface area contributed by atoms with Gasteiger partial charge in [0, 0.05) is 20.0 Å². The van der Waals surface area contributed by atoms with E-state index in [1.807, 2.05) is 6.07 Å². The van der Waals surface area contributed by atoms with Crippen molar-refractivity contribution in [1.29, 1.82) is 0 Å². The number of nitrogens with zero attached hydrogens (tertiary/aromatic N) is 1. The molecule has 2 aromatic rings. The highest BCUT2D eigenvalue weighted by Gasteiger charge is 2.09. The predicted octanol–water partition coefficient (Wildman–Crippen LogP) is 0.462. The van der Waals surface area contributed by atoms with Gasteiger partial charge in [-0.15, -0.1) is 0 Å². The van der Waals surface area contributed by atoms with Crippen LogP contribution in [0.4, 0.5) is 0 Å². The van der Waals surface area contributed by atoms with Gasteiger partial charge in [-0.05, 0) is 17.7 Å². The molecular weight excluding hydrogens is 236 g/mol. The Hall–Kier alpha value is -2.08. The van der Waals surface area contributed by atoms with Crippen LogP contribution in [0.5, 0.6) is 0 Å². The minimum absolute atomic E-state index is 0.109. The molecular formula is C12H14N2O4. The van der Waals surface area contributed by atoms with Crippen LogP contribution in [0.15, 0.2) is 27.4 Å². The number of hydrogen-bond donors (Lipinski definition) is 2. The first kappa shape index (κ1) is 12.4. The monoisotopic (exact) mass is 250 g/mol. The lowest BCUT2D eigenvalue weighted by Gasteiger charge is -2.16. The van der Waals surface area contributed by atoms with Crippen molar-refractivity contribution in [2.45, 2.75) is 13.0 Å². The number of aromatic nitrogens is 1. The Kier molecular flexibility index (Phi) is 3.47. The summed E-state index contributed by atoms with van der Waals surface area (Å²) in [6, 6.07) is 5.27. The maximum Gasteiger partial charge on any atom is 0.417 e. The van der Waals surface area contributed by atoms with E-state index in [1.165, 1.54) is 4.90 Å². The number of aliphatic hydroxyl groups is 1. The number of carbonyl (C=O) groups excluding carboxylic acids is 1. The van der Waals surface area contributed by atoms with Crippen molar-refractivity contribution in [1.82, 2.24) is 9.88 Å². The van der Waals surface area contributed by atoms with Crippen molar-refractivity contribution >= 4 is 17.0 Å². The van der Waals surface area contributed by atoms with Crippen LogP contribution >= 0.6 is 0 Å². The Balaban J connectivity index is 2.16. The lowest BCUT2D eigenvalue weighted by Crippen LogP contribution is -2.26. The fourth-order valence-corrected chi connectivity index (χ4v) is 1.74. The highest BCUT2D eigenvalue weighted by Crippen LogP contribution is 2.13. The van der Waals surface area contributed by atoms with E-state index >= 15 is 0 Å². The molecule has 6 heteroatoms. The second-order valence-corrected chi connectivity index (χ2v) is 4.07. The Bertz CT molecular complexity index is 614. The quantitative estimate of drug-likeness (QED) is 0.825. The molecule has 0 saturated heterocycles. The normalized spacial score (nSPS) is 10.8. The Morgan fingerprint density at radius 2 is 2.28 bits per heavy atom. The Morgan fingerprint density at radius 1 is 1.50 bits per heavy atom. The molecule has 0 atom stereocenters. The SMILES string of the molecule is CN(Cc1ccc2[nH]c(=O)oc2c1)C(=O)CCO. The molecule has 0 unspecified atom stereocenters. The molecule has 0 aliphatic carbocycles. The van der Waals surface area contributed by atoms with Crippen molar-refractivity contribution in [3.63, 3.8) is 0 Å². The standard InChI is InChI=1S/C12H14N2O4/c1-14(11(16)4-5-15)7-8-2-3-9-10(6-8)18-12(17)13-9/h2-3,6,15H,4-5,7H2,1H3,(H,13,17). The van der Waals surface area contributed by atoms with Crippen LogP contribution in [0.2, 0.25) is 0 Å². The molecule has 2 N–H and O–H groups in total. The molecule has 2 rings (SSSR count). The zero-order valence-corrected chi connectivity index (χ0v) is 9.97. The van der Waals surface area contributed by atoms with Crippen LogP contribution in [-0.4, -0.2) is 34.6 Å². The highest BCUT2D eigenvalue weighted by atomic mass is 16.4. The second-order valence-electron chi connectivity index (χ2n) is 4.07. The number of rotatable bonds is 4. The number of nitrogens with one attached hydrogen (secondary N) is 1. The topological polar surface area (TPSA) is 86.5 Å². The molecule has 1 aromatic heterocycles. The summed E-state index contributed by atoms with van der Waals surface area (Å²) in [7, 11) is 1.66. The van der Waals surface area contributed by atoms with Crippen LogP contribution in [0.25, 0.3) is 11.1 Å². The van der Waals surface area contributed by atoms with Gasteiger partial charge in [0.25, 0.3) is 0 Å². The molecule has 6 nitrogen and oxygen atoms in total. The maximum atomic E-state index is 11.5. The zero-order chi connectivity index (χ0) is 13.1. The predicted molar refractivity (Wildman–Crippen MR) is 65.0 cm³/mol. The number of aromatic amines is 1. The van der Waals surface area contributed by atoms with Gasteiger partial charge in [-0.3, -0.25) is 9.78 Å². The van der Waals surface area contributed by atoms with Gasteiger partial charge in [-0.25, -0.2) is 4.79 Å². The zero-order valence-electron chi connectivity index (χ0n) is 9.97. The first-order valence-corrected chi connectivity index (χ1v) is 5.56. The van der Waals surface area contributed by atoms with Gasteiger partial charge in [0.15, 0.2) is 5.58 Å². The lowest BCUT2D eigenvalue weighted by molar-refractivity contribution is -0.131. The molecule has 18 heavy (non-hydrogen) atoms. The molecule has 0 aliphatic heterocycles. The smallest absolute Gasteiger partial charge is 0.408 e. The molecule has 96 valence electrons. The summed E-state index contributed by atoms with van der Waals surface area (Å²) < 4.78 is 4.94. The number of amides is 1. The van der Waals surface area contributed by atoms with Crippen molar-refractivity contribution in [3.8, 4) is 0 Å². The number of aliphatic hydroxyl groups excluding tert-OH is 1. The van der Waals surface area contributed by atoms with E-state index in [-0.39, 0.29) is 18.9 Å². The summed E-state index contributed by atoms with van der Waals surface area (Å²) in [5.41, 5.74) is 1.97. The summed E-state index contributed by atoms with van der Waals surface area (Å²) in [6.45, 7) is 0.249. The molecule has 0 spiro atoms. The number of benzene rings is 1. The van der Waals surface area contributed by atoms with Crippen LogP contribution in [0.1, 0.15) is 12.0 Å². The number of carbonyl (C=O) groups is 1. The van der Waals surface area contributed by atoms with Gasteiger partial charge >= 0.3 is 5.76 Å². The number of hydrogen-bond acceptors (Lipinski definition) is 4. The summed E-state index contributed by atoms with van der Waals surface area (Å²) in [4.78, 5) is 26.6. The van der Waals surface area contributed by atoms with E-state index in [0.717, 1.165) is 5.56 Å². The third kappa shape index (κ3) is 2.60. The molecule has 0 saturated carbocycles. The van der Waals surface area contributed by atoms with Gasteiger partial charge in [0.05, 0.1) is 12.1 Å². The van der Waals surface area contributed by atoms with Gasteiger partial charge in [-0.2, -0.15) is 0 Å². The third-order valence-corrected chi connectivity index (χ3v) is 2.66. The van der Waals surface area contributed by atoms with Crippen molar-refractivity contribution in [3.05, 3.63) is 34.3 Å². The largest absolute Gasteiger partial charge is 0.417 e. The summed E-state index contributed by atoms with van der Waals surface area (Å²) in [5.74, 6) is -0.625. The van der Waals surface area contributed by atoms with Gasteiger partial charge < -0.3 is 14.4 Å². The van der Waals surface area contributed by atoms with E-state index in [0.29, 0.717) is 17.6 Å². The van der Waals surface area contributed by atoms with Gasteiger partial charge in [-0.1, -0.05) is 6.07 Å². The number of H-pyrrole nitrogens is 1. The first-order chi connectivity index (χ1) is 8.60. The highest BCUT2D eigenvalue weighted by molar-refractivity contribution is 5.76. The van der Waals surface area contributed by atoms with Crippen molar-refractivity contribution in [2.24, 2.45) is 0 Å². The van der Waals surface area contributed by atoms with E-state index in [4.69, 9.17) is 9.52 Å². The fraction of sp³-hybridized carbons (Fsp3) is 0.333. The van der Waals surface area contributed by atoms with E-state index in [2.05, 4.69) is 4.98 Å². The molecule has 0 aliphatic rings. The average molecular weight is 250 g/mol. The minimum atomic E-state index is -0.494. The fourth-order valence-electron chi connectivity index (χ4n) is 1.74. The van der Waals surface area contributed by atoms with E-state index in [9.17, 15) is 9.59 Å². The van der Waals surface area contributed by atoms with Crippen molar-refractivity contribution in [2.75, 3.05) is 13.7 Å². The Morgan fingerprint density at radius 3 is 3.00 bits per heavy atom.